The predicted molar refractivity (Wildman–Crippen MR) is 81.6 cm³/mol. The summed E-state index contributed by atoms with van der Waals surface area (Å²) in [7, 11) is 0. The van der Waals surface area contributed by atoms with Gasteiger partial charge in [0.15, 0.2) is 0 Å². The molecule has 0 unspecified atom stereocenters. The standard InChI is InChI=1S/C15H13Cl2NO2/c16-12-6-13(17)8-14(7-12)18-9-11-4-2-1-3-10(11)5-15(19)20/h1-4,6-8,18H,5,9H2,(H,19,20). The molecule has 0 aliphatic rings. The third-order valence-corrected chi connectivity index (χ3v) is 3.24. The van der Waals surface area contributed by atoms with Gasteiger partial charge < -0.3 is 10.4 Å². The summed E-state index contributed by atoms with van der Waals surface area (Å²) < 4.78 is 0. The molecule has 2 aromatic carbocycles. The first-order valence-electron chi connectivity index (χ1n) is 6.03. The van der Waals surface area contributed by atoms with Gasteiger partial charge in [-0.2, -0.15) is 0 Å². The van der Waals surface area contributed by atoms with Crippen molar-refractivity contribution in [2.24, 2.45) is 0 Å². The molecule has 104 valence electrons. The summed E-state index contributed by atoms with van der Waals surface area (Å²) in [5, 5.41) is 13.2. The minimum absolute atomic E-state index is 0.00809. The van der Waals surface area contributed by atoms with Crippen LogP contribution in [0.2, 0.25) is 10.0 Å². The van der Waals surface area contributed by atoms with Crippen LogP contribution in [0.3, 0.4) is 0 Å². The van der Waals surface area contributed by atoms with E-state index in [2.05, 4.69) is 5.32 Å². The van der Waals surface area contributed by atoms with Crippen molar-refractivity contribution in [3.05, 3.63) is 63.6 Å². The van der Waals surface area contributed by atoms with Gasteiger partial charge in [0.25, 0.3) is 0 Å². The summed E-state index contributed by atoms with van der Waals surface area (Å²) in [5.74, 6) is -0.844. The van der Waals surface area contributed by atoms with E-state index in [0.717, 1.165) is 16.8 Å². The van der Waals surface area contributed by atoms with Crippen LogP contribution < -0.4 is 5.32 Å². The maximum Gasteiger partial charge on any atom is 0.307 e. The number of hydrogen-bond donors (Lipinski definition) is 2. The Morgan fingerprint density at radius 3 is 2.25 bits per heavy atom. The number of anilines is 1. The molecule has 0 aliphatic heterocycles. The summed E-state index contributed by atoms with van der Waals surface area (Å²) >= 11 is 11.9. The smallest absolute Gasteiger partial charge is 0.307 e. The molecule has 0 bridgehead atoms. The highest BCUT2D eigenvalue weighted by Gasteiger charge is 2.06. The summed E-state index contributed by atoms with van der Waals surface area (Å²) in [5.41, 5.74) is 2.53. The first-order chi connectivity index (χ1) is 9.54. The predicted octanol–water partition coefficient (Wildman–Crippen LogP) is 4.23. The van der Waals surface area contributed by atoms with E-state index >= 15 is 0 Å². The van der Waals surface area contributed by atoms with Crippen LogP contribution in [-0.4, -0.2) is 11.1 Å². The molecule has 2 N–H and O–H groups in total. The second kappa shape index (κ2) is 6.64. The van der Waals surface area contributed by atoms with Crippen molar-refractivity contribution in [2.75, 3.05) is 5.32 Å². The SMILES string of the molecule is O=C(O)Cc1ccccc1CNc1cc(Cl)cc(Cl)c1. The number of carbonyl (C=O) groups is 1. The van der Waals surface area contributed by atoms with Crippen molar-refractivity contribution in [3.63, 3.8) is 0 Å². The van der Waals surface area contributed by atoms with Crippen molar-refractivity contribution in [1.29, 1.82) is 0 Å². The highest BCUT2D eigenvalue weighted by Crippen LogP contribution is 2.23. The molecular formula is C15H13Cl2NO2. The van der Waals surface area contributed by atoms with E-state index < -0.39 is 5.97 Å². The molecule has 0 radical (unpaired) electrons. The van der Waals surface area contributed by atoms with Crippen molar-refractivity contribution < 1.29 is 9.90 Å². The molecule has 2 aromatic rings. The second-order valence-corrected chi connectivity index (χ2v) is 5.22. The maximum atomic E-state index is 10.8. The first-order valence-corrected chi connectivity index (χ1v) is 6.79. The Morgan fingerprint density at radius 1 is 1.05 bits per heavy atom. The lowest BCUT2D eigenvalue weighted by Crippen LogP contribution is -2.07. The van der Waals surface area contributed by atoms with Crippen molar-refractivity contribution in [2.45, 2.75) is 13.0 Å². The van der Waals surface area contributed by atoms with Gasteiger partial charge in [0.05, 0.1) is 6.42 Å². The van der Waals surface area contributed by atoms with E-state index in [9.17, 15) is 4.79 Å². The van der Waals surface area contributed by atoms with Crippen LogP contribution in [0.1, 0.15) is 11.1 Å². The molecule has 0 saturated heterocycles. The fourth-order valence-electron chi connectivity index (χ4n) is 1.92. The molecule has 0 aliphatic carbocycles. The van der Waals surface area contributed by atoms with E-state index in [-0.39, 0.29) is 6.42 Å². The zero-order valence-electron chi connectivity index (χ0n) is 10.6. The van der Waals surface area contributed by atoms with Gasteiger partial charge in [-0.25, -0.2) is 0 Å². The third kappa shape index (κ3) is 4.15. The van der Waals surface area contributed by atoms with Gasteiger partial charge in [0, 0.05) is 22.3 Å². The maximum absolute atomic E-state index is 10.8. The molecule has 0 heterocycles. The normalized spacial score (nSPS) is 10.3. The Balaban J connectivity index is 2.12. The molecule has 2 rings (SSSR count). The Morgan fingerprint density at radius 2 is 1.65 bits per heavy atom. The Hall–Kier alpha value is -1.71. The lowest BCUT2D eigenvalue weighted by atomic mass is 10.0. The average Bonchev–Trinajstić information content (AvgIpc) is 2.36. The summed E-state index contributed by atoms with van der Waals surface area (Å²) in [6.45, 7) is 0.514. The molecule has 0 atom stereocenters. The fourth-order valence-corrected chi connectivity index (χ4v) is 2.44. The minimum Gasteiger partial charge on any atom is -0.481 e. The number of aliphatic carboxylic acids is 1. The van der Waals surface area contributed by atoms with Crippen LogP contribution in [0.5, 0.6) is 0 Å². The van der Waals surface area contributed by atoms with Gasteiger partial charge in [-0.05, 0) is 29.3 Å². The van der Waals surface area contributed by atoms with Gasteiger partial charge in [-0.15, -0.1) is 0 Å². The highest BCUT2D eigenvalue weighted by atomic mass is 35.5. The fraction of sp³-hybridized carbons (Fsp3) is 0.133. The van der Waals surface area contributed by atoms with Gasteiger partial charge >= 0.3 is 5.97 Å². The number of carboxylic acid groups (broad SMARTS) is 1. The summed E-state index contributed by atoms with van der Waals surface area (Å²) in [6, 6.07) is 12.6. The van der Waals surface area contributed by atoms with Crippen LogP contribution in [0.15, 0.2) is 42.5 Å². The van der Waals surface area contributed by atoms with Crippen LogP contribution >= 0.6 is 23.2 Å². The number of benzene rings is 2. The molecule has 0 amide bonds. The molecule has 0 spiro atoms. The van der Waals surface area contributed by atoms with Crippen LogP contribution in [-0.2, 0) is 17.8 Å². The van der Waals surface area contributed by atoms with E-state index in [1.165, 1.54) is 0 Å². The number of halogens is 2. The highest BCUT2D eigenvalue weighted by molar-refractivity contribution is 6.35. The lowest BCUT2D eigenvalue weighted by Gasteiger charge is -2.11. The van der Waals surface area contributed by atoms with Crippen molar-refractivity contribution in [1.82, 2.24) is 0 Å². The molecule has 0 fully saturated rings. The quantitative estimate of drug-likeness (QED) is 0.869. The molecule has 0 aromatic heterocycles. The van der Waals surface area contributed by atoms with Crippen molar-refractivity contribution in [3.8, 4) is 0 Å². The number of hydrogen-bond acceptors (Lipinski definition) is 2. The van der Waals surface area contributed by atoms with Gasteiger partial charge in [0.2, 0.25) is 0 Å². The van der Waals surface area contributed by atoms with Crippen LogP contribution in [0.4, 0.5) is 5.69 Å². The molecular weight excluding hydrogens is 297 g/mol. The van der Waals surface area contributed by atoms with Gasteiger partial charge in [-0.1, -0.05) is 47.5 Å². The van der Waals surface area contributed by atoms with E-state index in [1.807, 2.05) is 24.3 Å². The largest absolute Gasteiger partial charge is 0.481 e. The molecule has 3 nitrogen and oxygen atoms in total. The lowest BCUT2D eigenvalue weighted by molar-refractivity contribution is -0.136. The van der Waals surface area contributed by atoms with Gasteiger partial charge in [0.1, 0.15) is 0 Å². The molecule has 20 heavy (non-hydrogen) atoms. The summed E-state index contributed by atoms with van der Waals surface area (Å²) in [4.78, 5) is 10.8. The third-order valence-electron chi connectivity index (χ3n) is 2.81. The topological polar surface area (TPSA) is 49.3 Å². The number of nitrogens with one attached hydrogen (secondary N) is 1. The van der Waals surface area contributed by atoms with Gasteiger partial charge in [-0.3, -0.25) is 4.79 Å². The first kappa shape index (κ1) is 14.7. The number of carboxylic acids is 1. The Bertz CT molecular complexity index is 609. The monoisotopic (exact) mass is 309 g/mol. The Kier molecular flexibility index (Phi) is 4.88. The summed E-state index contributed by atoms with van der Waals surface area (Å²) in [6.07, 6.45) is 0.00809. The minimum atomic E-state index is -0.844. The van der Waals surface area contributed by atoms with E-state index in [1.54, 1.807) is 18.2 Å². The zero-order chi connectivity index (χ0) is 14.5. The number of rotatable bonds is 5. The van der Waals surface area contributed by atoms with Crippen LogP contribution in [0.25, 0.3) is 0 Å². The van der Waals surface area contributed by atoms with E-state index in [0.29, 0.717) is 16.6 Å². The van der Waals surface area contributed by atoms with Crippen LogP contribution in [0, 0.1) is 0 Å². The average molecular weight is 310 g/mol. The second-order valence-electron chi connectivity index (χ2n) is 4.35. The zero-order valence-corrected chi connectivity index (χ0v) is 12.1. The molecule has 0 saturated carbocycles. The Labute approximate surface area is 127 Å². The van der Waals surface area contributed by atoms with E-state index in [4.69, 9.17) is 28.3 Å². The molecule has 5 heteroatoms. The van der Waals surface area contributed by atoms with Crippen molar-refractivity contribution >= 4 is 34.9 Å².